The molecule has 0 unspecified atom stereocenters. The third-order valence-corrected chi connectivity index (χ3v) is 1.37. The molecule has 12 heavy (non-hydrogen) atoms. The van der Waals surface area contributed by atoms with Crippen LogP contribution in [0.1, 0.15) is 26.2 Å². The SMILES string of the molecule is CCCC/C(=N/CC(=O)O)OC. The first-order valence-electron chi connectivity index (χ1n) is 3.99. The number of unbranched alkanes of at least 4 members (excludes halogenated alkanes) is 1. The Balaban J connectivity index is 3.78. The Bertz CT molecular complexity index is 166. The van der Waals surface area contributed by atoms with Crippen molar-refractivity contribution in [2.24, 2.45) is 4.99 Å². The number of ether oxygens (including phenoxy) is 1. The van der Waals surface area contributed by atoms with Crippen molar-refractivity contribution in [2.75, 3.05) is 13.7 Å². The van der Waals surface area contributed by atoms with Crippen molar-refractivity contribution in [3.63, 3.8) is 0 Å². The van der Waals surface area contributed by atoms with Gasteiger partial charge >= 0.3 is 5.97 Å². The number of methoxy groups -OCH3 is 1. The molecule has 0 saturated heterocycles. The van der Waals surface area contributed by atoms with Crippen molar-refractivity contribution in [1.82, 2.24) is 0 Å². The molecule has 0 saturated carbocycles. The lowest BCUT2D eigenvalue weighted by Gasteiger charge is -2.02. The Morgan fingerprint density at radius 3 is 2.67 bits per heavy atom. The maximum Gasteiger partial charge on any atom is 0.325 e. The molecule has 0 fully saturated rings. The molecule has 0 aromatic rings. The normalized spacial score (nSPS) is 11.3. The first-order chi connectivity index (χ1) is 5.70. The van der Waals surface area contributed by atoms with Gasteiger partial charge in [-0.25, -0.2) is 4.99 Å². The van der Waals surface area contributed by atoms with Crippen molar-refractivity contribution >= 4 is 11.9 Å². The van der Waals surface area contributed by atoms with E-state index >= 15 is 0 Å². The molecule has 0 aromatic heterocycles. The second kappa shape index (κ2) is 6.64. The van der Waals surface area contributed by atoms with E-state index in [0.29, 0.717) is 5.90 Å². The molecule has 1 N–H and O–H groups in total. The van der Waals surface area contributed by atoms with Gasteiger partial charge in [-0.3, -0.25) is 4.79 Å². The quantitative estimate of drug-likeness (QED) is 0.503. The lowest BCUT2D eigenvalue weighted by molar-refractivity contribution is -0.135. The Kier molecular flexibility index (Phi) is 6.05. The van der Waals surface area contributed by atoms with Gasteiger partial charge < -0.3 is 9.84 Å². The summed E-state index contributed by atoms with van der Waals surface area (Å²) in [5.41, 5.74) is 0. The number of aliphatic carboxylic acids is 1. The van der Waals surface area contributed by atoms with E-state index < -0.39 is 5.97 Å². The molecule has 0 radical (unpaired) electrons. The van der Waals surface area contributed by atoms with E-state index in [0.717, 1.165) is 19.3 Å². The lowest BCUT2D eigenvalue weighted by Crippen LogP contribution is -2.07. The highest BCUT2D eigenvalue weighted by atomic mass is 16.5. The summed E-state index contributed by atoms with van der Waals surface area (Å²) >= 11 is 0. The van der Waals surface area contributed by atoms with Gasteiger partial charge in [0.25, 0.3) is 0 Å². The molecule has 0 aliphatic carbocycles. The fraction of sp³-hybridized carbons (Fsp3) is 0.750. The van der Waals surface area contributed by atoms with Gasteiger partial charge in [0.1, 0.15) is 6.54 Å². The maximum atomic E-state index is 10.1. The van der Waals surface area contributed by atoms with Gasteiger partial charge in [0.05, 0.1) is 7.11 Å². The minimum absolute atomic E-state index is 0.202. The van der Waals surface area contributed by atoms with Crippen LogP contribution in [0.3, 0.4) is 0 Å². The van der Waals surface area contributed by atoms with Gasteiger partial charge in [-0.05, 0) is 6.42 Å². The third-order valence-electron chi connectivity index (χ3n) is 1.37. The molecule has 0 rings (SSSR count). The molecule has 0 aromatic carbocycles. The number of nitrogens with zero attached hydrogens (tertiary/aromatic N) is 1. The van der Waals surface area contributed by atoms with Gasteiger partial charge in [-0.2, -0.15) is 0 Å². The van der Waals surface area contributed by atoms with Crippen molar-refractivity contribution in [3.05, 3.63) is 0 Å². The van der Waals surface area contributed by atoms with Crippen molar-refractivity contribution < 1.29 is 14.6 Å². The molecule has 0 bridgehead atoms. The topological polar surface area (TPSA) is 58.9 Å². The number of hydrogen-bond acceptors (Lipinski definition) is 3. The van der Waals surface area contributed by atoms with Crippen LogP contribution in [0.5, 0.6) is 0 Å². The summed E-state index contributed by atoms with van der Waals surface area (Å²) in [7, 11) is 1.51. The Labute approximate surface area is 72.3 Å². The summed E-state index contributed by atoms with van der Waals surface area (Å²) in [6.07, 6.45) is 2.75. The van der Waals surface area contributed by atoms with E-state index in [1.54, 1.807) is 0 Å². The highest BCUT2D eigenvalue weighted by molar-refractivity contribution is 5.79. The largest absolute Gasteiger partial charge is 0.484 e. The van der Waals surface area contributed by atoms with Crippen molar-refractivity contribution in [1.29, 1.82) is 0 Å². The summed E-state index contributed by atoms with van der Waals surface area (Å²) in [5, 5.41) is 8.32. The zero-order chi connectivity index (χ0) is 9.40. The Morgan fingerprint density at radius 2 is 2.25 bits per heavy atom. The monoisotopic (exact) mass is 173 g/mol. The van der Waals surface area contributed by atoms with Crippen LogP contribution < -0.4 is 0 Å². The van der Waals surface area contributed by atoms with Crippen LogP contribution in [0.25, 0.3) is 0 Å². The van der Waals surface area contributed by atoms with Gasteiger partial charge in [0.15, 0.2) is 5.90 Å². The minimum atomic E-state index is -0.930. The summed E-state index contributed by atoms with van der Waals surface area (Å²) < 4.78 is 4.89. The maximum absolute atomic E-state index is 10.1. The van der Waals surface area contributed by atoms with Crippen LogP contribution in [0.4, 0.5) is 0 Å². The van der Waals surface area contributed by atoms with Crippen LogP contribution in [0, 0.1) is 0 Å². The number of carboxylic acid groups (broad SMARTS) is 1. The first-order valence-corrected chi connectivity index (χ1v) is 3.99. The zero-order valence-corrected chi connectivity index (χ0v) is 7.54. The Morgan fingerprint density at radius 1 is 1.58 bits per heavy atom. The zero-order valence-electron chi connectivity index (χ0n) is 7.54. The van der Waals surface area contributed by atoms with Gasteiger partial charge in [-0.15, -0.1) is 0 Å². The van der Waals surface area contributed by atoms with E-state index in [9.17, 15) is 4.79 Å². The molecule has 0 aliphatic rings. The fourth-order valence-electron chi connectivity index (χ4n) is 0.729. The molecule has 0 atom stereocenters. The molecule has 70 valence electrons. The van der Waals surface area contributed by atoms with Gasteiger partial charge in [0.2, 0.25) is 0 Å². The smallest absolute Gasteiger partial charge is 0.325 e. The Hall–Kier alpha value is -1.06. The van der Waals surface area contributed by atoms with Crippen molar-refractivity contribution in [2.45, 2.75) is 26.2 Å². The van der Waals surface area contributed by atoms with Gasteiger partial charge in [-0.1, -0.05) is 13.3 Å². The highest BCUT2D eigenvalue weighted by Crippen LogP contribution is 1.97. The molecule has 0 aliphatic heterocycles. The van der Waals surface area contributed by atoms with Gasteiger partial charge in [0, 0.05) is 6.42 Å². The number of carbonyl (C=O) groups is 1. The van der Waals surface area contributed by atoms with Crippen LogP contribution >= 0.6 is 0 Å². The molecular weight excluding hydrogens is 158 g/mol. The molecule has 0 spiro atoms. The molecule has 0 amide bonds. The van der Waals surface area contributed by atoms with Crippen LogP contribution in [0.15, 0.2) is 4.99 Å². The molecule has 4 nitrogen and oxygen atoms in total. The average molecular weight is 173 g/mol. The molecule has 0 heterocycles. The van der Waals surface area contributed by atoms with E-state index in [-0.39, 0.29) is 6.54 Å². The second-order valence-electron chi connectivity index (χ2n) is 2.41. The van der Waals surface area contributed by atoms with Crippen molar-refractivity contribution in [3.8, 4) is 0 Å². The minimum Gasteiger partial charge on any atom is -0.484 e. The fourth-order valence-corrected chi connectivity index (χ4v) is 0.729. The summed E-state index contributed by atoms with van der Waals surface area (Å²) in [6, 6.07) is 0. The number of carboxylic acids is 1. The number of hydrogen-bond donors (Lipinski definition) is 1. The predicted molar refractivity (Wildman–Crippen MR) is 46.5 cm³/mol. The summed E-state index contributed by atoms with van der Waals surface area (Å²) in [4.78, 5) is 13.9. The summed E-state index contributed by atoms with van der Waals surface area (Å²) in [6.45, 7) is 1.86. The predicted octanol–water partition coefficient (Wildman–Crippen LogP) is 1.31. The summed E-state index contributed by atoms with van der Waals surface area (Å²) in [5.74, 6) is -0.403. The standard InChI is InChI=1S/C8H15NO3/c1-3-4-5-7(12-2)9-6-8(10)11/h3-6H2,1-2H3,(H,10,11)/b9-7-. The van der Waals surface area contributed by atoms with E-state index in [4.69, 9.17) is 9.84 Å². The first kappa shape index (κ1) is 10.9. The van der Waals surface area contributed by atoms with Crippen LogP contribution in [0.2, 0.25) is 0 Å². The average Bonchev–Trinajstić information content (AvgIpc) is 2.05. The molecular formula is C8H15NO3. The third kappa shape index (κ3) is 5.70. The van der Waals surface area contributed by atoms with Crippen LogP contribution in [-0.2, 0) is 9.53 Å². The number of aliphatic imine (C=N–C) groups is 1. The lowest BCUT2D eigenvalue weighted by atomic mass is 10.2. The van der Waals surface area contributed by atoms with Crippen LogP contribution in [-0.4, -0.2) is 30.6 Å². The van der Waals surface area contributed by atoms with E-state index in [1.165, 1.54) is 7.11 Å². The number of rotatable bonds is 5. The second-order valence-corrected chi connectivity index (χ2v) is 2.41. The highest BCUT2D eigenvalue weighted by Gasteiger charge is 1.99. The molecule has 4 heteroatoms. The van der Waals surface area contributed by atoms with E-state index in [2.05, 4.69) is 11.9 Å². The van der Waals surface area contributed by atoms with E-state index in [1.807, 2.05) is 0 Å².